The standard InChI is InChI=1S/C11H14N4O2S/c1-15-9(4-5-13-15)6-12-11-14-8(7-18-11)2-3-10(16)17/h4-5,7H,2-3,6H2,1H3,(H,12,14)(H,16,17). The van der Waals surface area contributed by atoms with Crippen molar-refractivity contribution in [1.82, 2.24) is 14.8 Å². The van der Waals surface area contributed by atoms with E-state index in [1.54, 1.807) is 10.9 Å². The van der Waals surface area contributed by atoms with Crippen molar-refractivity contribution in [1.29, 1.82) is 0 Å². The minimum absolute atomic E-state index is 0.116. The number of carbonyl (C=O) groups is 1. The van der Waals surface area contributed by atoms with E-state index in [1.807, 2.05) is 18.5 Å². The average molecular weight is 266 g/mol. The van der Waals surface area contributed by atoms with E-state index in [1.165, 1.54) is 11.3 Å². The molecular weight excluding hydrogens is 252 g/mol. The lowest BCUT2D eigenvalue weighted by Gasteiger charge is -2.02. The average Bonchev–Trinajstić information content (AvgIpc) is 2.93. The Morgan fingerprint density at radius 2 is 2.44 bits per heavy atom. The number of aryl methyl sites for hydroxylation is 2. The van der Waals surface area contributed by atoms with E-state index in [2.05, 4.69) is 15.4 Å². The van der Waals surface area contributed by atoms with Gasteiger partial charge >= 0.3 is 5.97 Å². The molecule has 0 radical (unpaired) electrons. The van der Waals surface area contributed by atoms with Crippen molar-refractivity contribution in [2.24, 2.45) is 7.05 Å². The first-order valence-corrected chi connectivity index (χ1v) is 6.40. The minimum atomic E-state index is -0.799. The van der Waals surface area contributed by atoms with Gasteiger partial charge in [-0.05, 0) is 6.07 Å². The van der Waals surface area contributed by atoms with Gasteiger partial charge in [-0.15, -0.1) is 11.3 Å². The molecule has 18 heavy (non-hydrogen) atoms. The predicted molar refractivity (Wildman–Crippen MR) is 68.6 cm³/mol. The number of hydrogen-bond acceptors (Lipinski definition) is 5. The van der Waals surface area contributed by atoms with Gasteiger partial charge in [0.15, 0.2) is 5.13 Å². The maximum Gasteiger partial charge on any atom is 0.303 e. The van der Waals surface area contributed by atoms with Crippen LogP contribution < -0.4 is 5.32 Å². The number of anilines is 1. The number of carboxylic acid groups (broad SMARTS) is 1. The van der Waals surface area contributed by atoms with Crippen molar-refractivity contribution in [2.75, 3.05) is 5.32 Å². The molecule has 0 spiro atoms. The molecule has 0 atom stereocenters. The quantitative estimate of drug-likeness (QED) is 0.828. The molecule has 2 aromatic heterocycles. The third kappa shape index (κ3) is 3.30. The largest absolute Gasteiger partial charge is 0.481 e. The zero-order valence-electron chi connectivity index (χ0n) is 9.96. The molecule has 0 aliphatic rings. The Hall–Kier alpha value is -1.89. The van der Waals surface area contributed by atoms with Crippen molar-refractivity contribution >= 4 is 22.4 Å². The van der Waals surface area contributed by atoms with E-state index in [-0.39, 0.29) is 6.42 Å². The monoisotopic (exact) mass is 266 g/mol. The van der Waals surface area contributed by atoms with Crippen LogP contribution in [0.2, 0.25) is 0 Å². The molecule has 0 aromatic carbocycles. The second-order valence-electron chi connectivity index (χ2n) is 3.84. The molecule has 0 bridgehead atoms. The van der Waals surface area contributed by atoms with Crippen molar-refractivity contribution in [2.45, 2.75) is 19.4 Å². The van der Waals surface area contributed by atoms with Crippen molar-refractivity contribution < 1.29 is 9.90 Å². The van der Waals surface area contributed by atoms with Crippen LogP contribution in [0.4, 0.5) is 5.13 Å². The molecule has 0 fully saturated rings. The lowest BCUT2D eigenvalue weighted by Crippen LogP contribution is -2.05. The summed E-state index contributed by atoms with van der Waals surface area (Å²) < 4.78 is 1.80. The fourth-order valence-corrected chi connectivity index (χ4v) is 2.22. The van der Waals surface area contributed by atoms with Gasteiger partial charge in [0.2, 0.25) is 0 Å². The number of thiazole rings is 1. The van der Waals surface area contributed by atoms with Crippen LogP contribution in [0.25, 0.3) is 0 Å². The Labute approximate surface area is 108 Å². The van der Waals surface area contributed by atoms with E-state index in [4.69, 9.17) is 5.11 Å². The number of nitrogens with zero attached hydrogens (tertiary/aromatic N) is 3. The first-order chi connectivity index (χ1) is 8.65. The Kier molecular flexibility index (Phi) is 3.93. The molecule has 0 aliphatic heterocycles. The zero-order valence-corrected chi connectivity index (χ0v) is 10.8. The van der Waals surface area contributed by atoms with Gasteiger partial charge < -0.3 is 10.4 Å². The summed E-state index contributed by atoms with van der Waals surface area (Å²) in [5.41, 5.74) is 1.88. The van der Waals surface area contributed by atoms with Crippen LogP contribution in [-0.4, -0.2) is 25.8 Å². The first-order valence-electron chi connectivity index (χ1n) is 5.52. The molecule has 0 saturated heterocycles. The summed E-state index contributed by atoms with van der Waals surface area (Å²) in [5.74, 6) is -0.799. The van der Waals surface area contributed by atoms with Gasteiger partial charge in [-0.2, -0.15) is 5.10 Å². The number of rotatable bonds is 6. The normalized spacial score (nSPS) is 10.5. The second kappa shape index (κ2) is 5.63. The fourth-order valence-electron chi connectivity index (χ4n) is 1.48. The molecule has 2 rings (SSSR count). The second-order valence-corrected chi connectivity index (χ2v) is 4.70. The summed E-state index contributed by atoms with van der Waals surface area (Å²) >= 11 is 1.48. The van der Waals surface area contributed by atoms with Gasteiger partial charge in [0.1, 0.15) is 0 Å². The third-order valence-electron chi connectivity index (χ3n) is 2.49. The highest BCUT2D eigenvalue weighted by atomic mass is 32.1. The van der Waals surface area contributed by atoms with E-state index in [0.717, 1.165) is 16.5 Å². The number of nitrogens with one attached hydrogen (secondary N) is 1. The van der Waals surface area contributed by atoms with Crippen LogP contribution in [0.5, 0.6) is 0 Å². The van der Waals surface area contributed by atoms with Crippen molar-refractivity contribution in [3.63, 3.8) is 0 Å². The lowest BCUT2D eigenvalue weighted by molar-refractivity contribution is -0.136. The summed E-state index contributed by atoms with van der Waals surface area (Å²) in [5, 5.41) is 18.5. The molecule has 96 valence electrons. The Bertz CT molecular complexity index is 535. The molecule has 7 heteroatoms. The number of aliphatic carboxylic acids is 1. The molecule has 0 saturated carbocycles. The summed E-state index contributed by atoms with van der Waals surface area (Å²) in [4.78, 5) is 14.8. The first kappa shape index (κ1) is 12.6. The molecule has 2 N–H and O–H groups in total. The van der Waals surface area contributed by atoms with Crippen LogP contribution >= 0.6 is 11.3 Å². The van der Waals surface area contributed by atoms with E-state index in [0.29, 0.717) is 13.0 Å². The summed E-state index contributed by atoms with van der Waals surface area (Å²) in [6, 6.07) is 1.94. The van der Waals surface area contributed by atoms with Crippen LogP contribution in [0.3, 0.4) is 0 Å². The molecule has 0 unspecified atom stereocenters. The number of aromatic nitrogens is 3. The van der Waals surface area contributed by atoms with Gasteiger partial charge in [-0.25, -0.2) is 4.98 Å². The number of hydrogen-bond donors (Lipinski definition) is 2. The van der Waals surface area contributed by atoms with Gasteiger partial charge in [0.25, 0.3) is 0 Å². The Morgan fingerprint density at radius 1 is 1.61 bits per heavy atom. The SMILES string of the molecule is Cn1nccc1CNc1nc(CCC(=O)O)cs1. The molecule has 6 nitrogen and oxygen atoms in total. The maximum absolute atomic E-state index is 10.4. The molecule has 0 aliphatic carbocycles. The van der Waals surface area contributed by atoms with Gasteiger partial charge in [-0.3, -0.25) is 9.48 Å². The number of carboxylic acids is 1. The van der Waals surface area contributed by atoms with Crippen LogP contribution in [0, 0.1) is 0 Å². The summed E-state index contributed by atoms with van der Waals surface area (Å²) in [6.07, 6.45) is 2.33. The summed E-state index contributed by atoms with van der Waals surface area (Å²) in [6.45, 7) is 0.655. The smallest absolute Gasteiger partial charge is 0.303 e. The highest BCUT2D eigenvalue weighted by molar-refractivity contribution is 7.13. The van der Waals surface area contributed by atoms with E-state index >= 15 is 0 Å². The van der Waals surface area contributed by atoms with Gasteiger partial charge in [0.05, 0.1) is 24.4 Å². The Morgan fingerprint density at radius 3 is 3.11 bits per heavy atom. The highest BCUT2D eigenvalue weighted by Crippen LogP contribution is 2.17. The predicted octanol–water partition coefficient (Wildman–Crippen LogP) is 1.51. The van der Waals surface area contributed by atoms with Crippen LogP contribution in [-0.2, 0) is 24.8 Å². The molecule has 2 heterocycles. The van der Waals surface area contributed by atoms with Crippen molar-refractivity contribution in [3.8, 4) is 0 Å². The van der Waals surface area contributed by atoms with Gasteiger partial charge in [0, 0.05) is 25.0 Å². The maximum atomic E-state index is 10.4. The Balaban J connectivity index is 1.87. The lowest BCUT2D eigenvalue weighted by atomic mass is 10.2. The zero-order chi connectivity index (χ0) is 13.0. The van der Waals surface area contributed by atoms with E-state index < -0.39 is 5.97 Å². The summed E-state index contributed by atoms with van der Waals surface area (Å²) in [7, 11) is 1.89. The molecule has 0 amide bonds. The topological polar surface area (TPSA) is 80.0 Å². The highest BCUT2D eigenvalue weighted by Gasteiger charge is 2.05. The molecular formula is C11H14N4O2S. The molecule has 2 aromatic rings. The van der Waals surface area contributed by atoms with Crippen molar-refractivity contribution in [3.05, 3.63) is 29.0 Å². The van der Waals surface area contributed by atoms with E-state index in [9.17, 15) is 4.79 Å². The van der Waals surface area contributed by atoms with Crippen LogP contribution in [0.15, 0.2) is 17.6 Å². The fraction of sp³-hybridized carbons (Fsp3) is 0.364. The minimum Gasteiger partial charge on any atom is -0.481 e. The van der Waals surface area contributed by atoms with Crippen LogP contribution in [0.1, 0.15) is 17.8 Å². The van der Waals surface area contributed by atoms with Gasteiger partial charge in [-0.1, -0.05) is 0 Å². The third-order valence-corrected chi connectivity index (χ3v) is 3.34.